The van der Waals surface area contributed by atoms with Crippen LogP contribution in [0.4, 0.5) is 0 Å². The minimum atomic E-state index is -3.64. The van der Waals surface area contributed by atoms with E-state index >= 15 is 0 Å². The lowest BCUT2D eigenvalue weighted by Gasteiger charge is -2.20. The van der Waals surface area contributed by atoms with Crippen LogP contribution in [0.2, 0.25) is 0 Å². The van der Waals surface area contributed by atoms with Crippen molar-refractivity contribution in [3.63, 3.8) is 0 Å². The Kier molecular flexibility index (Phi) is 4.48. The number of carbonyl (C=O) groups is 1. The molecule has 1 saturated heterocycles. The Bertz CT molecular complexity index is 607. The molecule has 1 aromatic rings. The van der Waals surface area contributed by atoms with Gasteiger partial charge in [-0.3, -0.25) is 0 Å². The molecule has 0 radical (unpaired) electrons. The maximum absolute atomic E-state index is 12.6. The third-order valence-corrected chi connectivity index (χ3v) is 6.64. The van der Waals surface area contributed by atoms with E-state index in [-0.39, 0.29) is 15.2 Å². The monoisotopic (exact) mass is 319 g/mol. The number of hydrogen-bond donors (Lipinski definition) is 1. The van der Waals surface area contributed by atoms with Gasteiger partial charge in [-0.15, -0.1) is 11.3 Å². The first-order valence-electron chi connectivity index (χ1n) is 6.28. The second-order valence-corrected chi connectivity index (χ2v) is 8.00. The summed E-state index contributed by atoms with van der Waals surface area (Å²) >= 11 is 0.806. The first-order valence-corrected chi connectivity index (χ1v) is 8.53. The molecule has 1 aromatic heterocycles. The molecular formula is C12H17NO5S2. The normalized spacial score (nSPS) is 21.6. The van der Waals surface area contributed by atoms with E-state index in [0.717, 1.165) is 11.3 Å². The molecule has 1 aliphatic heterocycles. The number of thiophene rings is 1. The molecular weight excluding hydrogens is 302 g/mol. The van der Waals surface area contributed by atoms with Crippen molar-refractivity contribution in [2.45, 2.75) is 30.6 Å². The minimum Gasteiger partial charge on any atom is -0.477 e. The summed E-state index contributed by atoms with van der Waals surface area (Å²) in [7, 11) is -3.64. The topological polar surface area (TPSA) is 83.9 Å². The number of nitrogens with zero attached hydrogens (tertiary/aromatic N) is 1. The number of sulfonamides is 1. The quantitative estimate of drug-likeness (QED) is 0.914. The van der Waals surface area contributed by atoms with Crippen molar-refractivity contribution >= 4 is 27.3 Å². The third-order valence-electron chi connectivity index (χ3n) is 3.10. The van der Waals surface area contributed by atoms with Crippen LogP contribution in [-0.2, 0) is 14.8 Å². The second kappa shape index (κ2) is 5.80. The van der Waals surface area contributed by atoms with Gasteiger partial charge in [-0.2, -0.15) is 4.31 Å². The minimum absolute atomic E-state index is 0.0719. The van der Waals surface area contributed by atoms with E-state index < -0.39 is 16.0 Å². The van der Waals surface area contributed by atoms with Crippen LogP contribution < -0.4 is 0 Å². The van der Waals surface area contributed by atoms with Crippen molar-refractivity contribution in [1.82, 2.24) is 4.31 Å². The van der Waals surface area contributed by atoms with Crippen LogP contribution >= 0.6 is 11.3 Å². The van der Waals surface area contributed by atoms with Gasteiger partial charge in [-0.25, -0.2) is 13.2 Å². The molecule has 112 valence electrons. The van der Waals surface area contributed by atoms with Gasteiger partial charge in [0.05, 0.1) is 6.10 Å². The second-order valence-electron chi connectivity index (χ2n) is 4.78. The number of carboxylic acid groups (broad SMARTS) is 1. The highest BCUT2D eigenvalue weighted by molar-refractivity contribution is 7.91. The van der Waals surface area contributed by atoms with Gasteiger partial charge < -0.3 is 9.84 Å². The van der Waals surface area contributed by atoms with Gasteiger partial charge in [0, 0.05) is 19.7 Å². The van der Waals surface area contributed by atoms with E-state index in [1.807, 2.05) is 6.92 Å². The first kappa shape index (κ1) is 15.4. The van der Waals surface area contributed by atoms with E-state index in [2.05, 4.69) is 0 Å². The molecule has 0 aliphatic carbocycles. The molecule has 0 bridgehead atoms. The summed E-state index contributed by atoms with van der Waals surface area (Å²) in [6, 6.07) is 1.43. The Hall–Kier alpha value is -0.960. The number of carboxylic acids is 1. The maximum atomic E-state index is 12.6. The number of aryl methyl sites for hydroxylation is 1. The Morgan fingerprint density at radius 2 is 2.25 bits per heavy atom. The van der Waals surface area contributed by atoms with E-state index in [0.29, 0.717) is 31.7 Å². The highest BCUT2D eigenvalue weighted by atomic mass is 32.2. The van der Waals surface area contributed by atoms with E-state index in [9.17, 15) is 13.2 Å². The summed E-state index contributed by atoms with van der Waals surface area (Å²) in [6.07, 6.45) is 0.479. The molecule has 1 aliphatic rings. The third kappa shape index (κ3) is 3.03. The summed E-state index contributed by atoms with van der Waals surface area (Å²) in [5, 5.41) is 9.02. The van der Waals surface area contributed by atoms with Crippen LogP contribution in [0.15, 0.2) is 10.3 Å². The lowest BCUT2D eigenvalue weighted by Crippen LogP contribution is -2.35. The highest BCUT2D eigenvalue weighted by Crippen LogP contribution is 2.29. The Balaban J connectivity index is 2.34. The Labute approximate surface area is 122 Å². The SMILES string of the molecule is Cc1cc(S(=O)(=O)N2CCCOC(C)C2)sc1C(=O)O. The van der Waals surface area contributed by atoms with Crippen LogP contribution in [0.1, 0.15) is 28.6 Å². The lowest BCUT2D eigenvalue weighted by atomic mass is 10.3. The van der Waals surface area contributed by atoms with Gasteiger partial charge in [0.15, 0.2) is 0 Å². The fourth-order valence-electron chi connectivity index (χ4n) is 2.09. The van der Waals surface area contributed by atoms with Crippen LogP contribution in [0.3, 0.4) is 0 Å². The summed E-state index contributed by atoms with van der Waals surface area (Å²) in [6.45, 7) is 4.66. The summed E-state index contributed by atoms with van der Waals surface area (Å²) in [5.41, 5.74) is 0.472. The molecule has 2 rings (SSSR count). The van der Waals surface area contributed by atoms with Gasteiger partial charge in [0.25, 0.3) is 10.0 Å². The van der Waals surface area contributed by atoms with Gasteiger partial charge >= 0.3 is 5.97 Å². The van der Waals surface area contributed by atoms with Gasteiger partial charge in [0.1, 0.15) is 9.09 Å². The molecule has 0 amide bonds. The summed E-state index contributed by atoms with van der Waals surface area (Å²) in [4.78, 5) is 11.1. The zero-order valence-corrected chi connectivity index (χ0v) is 13.0. The zero-order chi connectivity index (χ0) is 14.9. The molecule has 0 saturated carbocycles. The van der Waals surface area contributed by atoms with Crippen molar-refractivity contribution in [2.24, 2.45) is 0 Å². The zero-order valence-electron chi connectivity index (χ0n) is 11.3. The number of rotatable bonds is 3. The predicted molar refractivity (Wildman–Crippen MR) is 74.8 cm³/mol. The fourth-order valence-corrected chi connectivity index (χ4v) is 5.18. The molecule has 8 heteroatoms. The van der Waals surface area contributed by atoms with E-state index in [4.69, 9.17) is 9.84 Å². The first-order chi connectivity index (χ1) is 9.32. The standard InChI is InChI=1S/C12H17NO5S2/c1-8-6-10(19-11(8)12(14)15)20(16,17)13-4-3-5-18-9(2)7-13/h6,9H,3-5,7H2,1-2H3,(H,14,15). The maximum Gasteiger partial charge on any atom is 0.346 e. The lowest BCUT2D eigenvalue weighted by molar-refractivity contribution is 0.0701. The number of hydrogen-bond acceptors (Lipinski definition) is 5. The van der Waals surface area contributed by atoms with Crippen molar-refractivity contribution in [2.75, 3.05) is 19.7 Å². The van der Waals surface area contributed by atoms with Crippen LogP contribution in [-0.4, -0.2) is 49.6 Å². The molecule has 1 N–H and O–H groups in total. The molecule has 0 spiro atoms. The Morgan fingerprint density at radius 1 is 1.55 bits per heavy atom. The average Bonchev–Trinajstić information content (AvgIpc) is 2.62. The average molecular weight is 319 g/mol. The summed E-state index contributed by atoms with van der Waals surface area (Å²) in [5.74, 6) is -1.10. The van der Waals surface area contributed by atoms with Crippen molar-refractivity contribution in [3.8, 4) is 0 Å². The molecule has 0 aromatic carbocycles. The molecule has 1 unspecified atom stereocenters. The van der Waals surface area contributed by atoms with E-state index in [1.165, 1.54) is 10.4 Å². The van der Waals surface area contributed by atoms with Gasteiger partial charge in [0.2, 0.25) is 0 Å². The molecule has 2 heterocycles. The van der Waals surface area contributed by atoms with Gasteiger partial charge in [-0.05, 0) is 31.9 Å². The fraction of sp³-hybridized carbons (Fsp3) is 0.583. The molecule has 1 atom stereocenters. The Morgan fingerprint density at radius 3 is 2.85 bits per heavy atom. The van der Waals surface area contributed by atoms with Gasteiger partial charge in [-0.1, -0.05) is 0 Å². The molecule has 6 nitrogen and oxygen atoms in total. The largest absolute Gasteiger partial charge is 0.477 e. The molecule has 1 fully saturated rings. The number of ether oxygens (including phenoxy) is 1. The van der Waals surface area contributed by atoms with Crippen LogP contribution in [0, 0.1) is 6.92 Å². The van der Waals surface area contributed by atoms with Crippen molar-refractivity contribution in [3.05, 3.63) is 16.5 Å². The van der Waals surface area contributed by atoms with Crippen molar-refractivity contribution in [1.29, 1.82) is 0 Å². The molecule has 20 heavy (non-hydrogen) atoms. The summed E-state index contributed by atoms with van der Waals surface area (Å²) < 4.78 is 32.0. The van der Waals surface area contributed by atoms with E-state index in [1.54, 1.807) is 6.92 Å². The van der Waals surface area contributed by atoms with Crippen LogP contribution in [0.25, 0.3) is 0 Å². The highest BCUT2D eigenvalue weighted by Gasteiger charge is 2.30. The van der Waals surface area contributed by atoms with Crippen LogP contribution in [0.5, 0.6) is 0 Å². The smallest absolute Gasteiger partial charge is 0.346 e. The predicted octanol–water partition coefficient (Wildman–Crippen LogP) is 1.55. The number of aromatic carboxylic acids is 1. The van der Waals surface area contributed by atoms with Crippen molar-refractivity contribution < 1.29 is 23.1 Å².